The van der Waals surface area contributed by atoms with Gasteiger partial charge < -0.3 is 15.0 Å². The number of fused-ring (bicyclic) bond motifs is 2. The van der Waals surface area contributed by atoms with Gasteiger partial charge in [0, 0.05) is 43.4 Å². The lowest BCUT2D eigenvalue weighted by Gasteiger charge is -2.29. The Balaban J connectivity index is 0.00000141. The number of allylic oxidation sites excluding steroid dienone is 1. The Morgan fingerprint density at radius 2 is 1.78 bits per heavy atom. The summed E-state index contributed by atoms with van der Waals surface area (Å²) in [5, 5.41) is 2.56. The number of alkyl halides is 3. The third-order valence-corrected chi connectivity index (χ3v) is 4.81. The van der Waals surface area contributed by atoms with Crippen LogP contribution in [-0.2, 0) is 12.6 Å². The number of nitrogens with zero attached hydrogens (tertiary/aromatic N) is 3. The highest BCUT2D eigenvalue weighted by Crippen LogP contribution is 2.29. The summed E-state index contributed by atoms with van der Waals surface area (Å²) in [4.78, 5) is 8.78. The van der Waals surface area contributed by atoms with Crippen molar-refractivity contribution in [3.8, 4) is 5.75 Å². The molecule has 32 heavy (non-hydrogen) atoms. The second kappa shape index (κ2) is 9.64. The predicted molar refractivity (Wildman–Crippen MR) is 112 cm³/mol. The molecule has 2 aliphatic rings. The third kappa shape index (κ3) is 4.90. The molecule has 4 rings (SSSR count). The fraction of sp³-hybridized carbons (Fsp3) is 0.364. The number of anilines is 1. The van der Waals surface area contributed by atoms with Crippen molar-refractivity contribution in [1.29, 1.82) is 0 Å². The lowest BCUT2D eigenvalue weighted by molar-refractivity contribution is -0.145. The molecule has 1 fully saturated rings. The van der Waals surface area contributed by atoms with Crippen molar-refractivity contribution in [3.05, 3.63) is 58.3 Å². The second-order valence-electron chi connectivity index (χ2n) is 6.88. The molecule has 0 bridgehead atoms. The topological polar surface area (TPSA) is 50.3 Å². The summed E-state index contributed by atoms with van der Waals surface area (Å²) >= 11 is 0. The Morgan fingerprint density at radius 3 is 2.44 bits per heavy atom. The van der Waals surface area contributed by atoms with E-state index in [4.69, 9.17) is 4.74 Å². The molecule has 0 unspecified atom stereocenters. The summed E-state index contributed by atoms with van der Waals surface area (Å²) < 4.78 is 75.5. The van der Waals surface area contributed by atoms with Gasteiger partial charge in [0.2, 0.25) is 5.82 Å². The third-order valence-electron chi connectivity index (χ3n) is 4.81. The smallest absolute Gasteiger partial charge is 0.451 e. The van der Waals surface area contributed by atoms with Crippen molar-refractivity contribution < 1.29 is 26.7 Å². The van der Waals surface area contributed by atoms with Crippen LogP contribution in [0.2, 0.25) is 0 Å². The number of nitrogens with one attached hydrogen (secondary N) is 1. The molecule has 2 aliphatic heterocycles. The zero-order valence-electron chi connectivity index (χ0n) is 17.7. The molecule has 1 aromatic carbocycles. The number of piperazine rings is 1. The monoisotopic (exact) mass is 454 g/mol. The van der Waals surface area contributed by atoms with Crippen LogP contribution < -0.4 is 25.5 Å². The van der Waals surface area contributed by atoms with E-state index in [2.05, 4.69) is 21.9 Å². The van der Waals surface area contributed by atoms with E-state index < -0.39 is 35.4 Å². The van der Waals surface area contributed by atoms with E-state index in [1.165, 1.54) is 18.2 Å². The minimum atomic E-state index is -4.88. The summed E-state index contributed by atoms with van der Waals surface area (Å²) in [7, 11) is 0. The minimum absolute atomic E-state index is 0.00227. The highest BCUT2D eigenvalue weighted by atomic mass is 19.4. The van der Waals surface area contributed by atoms with Gasteiger partial charge in [0.15, 0.2) is 0 Å². The van der Waals surface area contributed by atoms with Gasteiger partial charge in [0.1, 0.15) is 34.3 Å². The van der Waals surface area contributed by atoms with Crippen molar-refractivity contribution in [2.75, 3.05) is 31.1 Å². The maximum absolute atomic E-state index is 15.3. The number of aromatic nitrogens is 2. The maximum Gasteiger partial charge on any atom is 0.451 e. The SMILES string of the molecule is C=C1/C=c2/c(N3CCNCC3)nc(C(F)(F)F)n/c2=C(\F)Cc2c(F)cccc2O1.CC. The quantitative estimate of drug-likeness (QED) is 0.672. The van der Waals surface area contributed by atoms with Gasteiger partial charge in [-0.2, -0.15) is 13.2 Å². The molecule has 5 nitrogen and oxygen atoms in total. The van der Waals surface area contributed by atoms with Gasteiger partial charge in [0.25, 0.3) is 0 Å². The molecule has 1 N–H and O–H groups in total. The number of benzene rings is 1. The molecule has 0 aliphatic carbocycles. The van der Waals surface area contributed by atoms with Gasteiger partial charge in [-0.05, 0) is 18.2 Å². The zero-order valence-corrected chi connectivity index (χ0v) is 17.7. The molecule has 0 radical (unpaired) electrons. The van der Waals surface area contributed by atoms with E-state index in [0.29, 0.717) is 26.2 Å². The maximum atomic E-state index is 15.3. The summed E-state index contributed by atoms with van der Waals surface area (Å²) in [6, 6.07) is 3.94. The fourth-order valence-corrected chi connectivity index (χ4v) is 3.42. The lowest BCUT2D eigenvalue weighted by atomic mass is 10.1. The number of hydrogen-bond acceptors (Lipinski definition) is 5. The van der Waals surface area contributed by atoms with E-state index >= 15 is 4.39 Å². The highest BCUT2D eigenvalue weighted by Gasteiger charge is 2.36. The van der Waals surface area contributed by atoms with Gasteiger partial charge in [-0.3, -0.25) is 0 Å². The summed E-state index contributed by atoms with van der Waals surface area (Å²) in [6.07, 6.45) is -4.22. The first-order valence-electron chi connectivity index (χ1n) is 10.2. The van der Waals surface area contributed by atoms with Crippen LogP contribution in [0.15, 0.2) is 30.5 Å². The van der Waals surface area contributed by atoms with Crippen LogP contribution in [0.3, 0.4) is 0 Å². The van der Waals surface area contributed by atoms with E-state index in [1.54, 1.807) is 4.90 Å². The van der Waals surface area contributed by atoms with Gasteiger partial charge in [-0.1, -0.05) is 26.5 Å². The van der Waals surface area contributed by atoms with Crippen molar-refractivity contribution in [2.24, 2.45) is 0 Å². The lowest BCUT2D eigenvalue weighted by Crippen LogP contribution is -2.48. The van der Waals surface area contributed by atoms with Crippen molar-refractivity contribution in [3.63, 3.8) is 0 Å². The van der Waals surface area contributed by atoms with Crippen molar-refractivity contribution in [1.82, 2.24) is 15.3 Å². The normalized spacial score (nSPS) is 19.0. The Bertz CT molecular complexity index is 1120. The molecule has 172 valence electrons. The van der Waals surface area contributed by atoms with Crippen molar-refractivity contribution >= 4 is 17.7 Å². The molecular formula is C22H23F5N4O. The summed E-state index contributed by atoms with van der Waals surface area (Å²) in [6.45, 7) is 9.53. The molecule has 1 saturated heterocycles. The van der Waals surface area contributed by atoms with Crippen LogP contribution in [0.5, 0.6) is 5.75 Å². The average molecular weight is 454 g/mol. The molecule has 0 atom stereocenters. The molecule has 0 saturated carbocycles. The molecular weight excluding hydrogens is 431 g/mol. The van der Waals surface area contributed by atoms with Gasteiger partial charge >= 0.3 is 6.18 Å². The van der Waals surface area contributed by atoms with Crippen LogP contribution in [-0.4, -0.2) is 36.1 Å². The molecule has 3 heterocycles. The first-order chi connectivity index (χ1) is 15.2. The van der Waals surface area contributed by atoms with E-state index in [0.717, 1.165) is 6.07 Å². The van der Waals surface area contributed by atoms with Crippen LogP contribution in [0.25, 0.3) is 11.9 Å². The average Bonchev–Trinajstić information content (AvgIpc) is 2.82. The Labute approximate surface area is 181 Å². The highest BCUT2D eigenvalue weighted by molar-refractivity contribution is 5.58. The number of halogens is 5. The van der Waals surface area contributed by atoms with Crippen LogP contribution in [0, 0.1) is 5.82 Å². The van der Waals surface area contributed by atoms with E-state index in [1.807, 2.05) is 13.8 Å². The minimum Gasteiger partial charge on any atom is -0.458 e. The molecule has 0 spiro atoms. The second-order valence-corrected chi connectivity index (χ2v) is 6.88. The Kier molecular flexibility index (Phi) is 7.12. The predicted octanol–water partition coefficient (Wildman–Crippen LogP) is 3.08. The van der Waals surface area contributed by atoms with Crippen LogP contribution in [0.1, 0.15) is 25.2 Å². The first-order valence-corrected chi connectivity index (χ1v) is 10.2. The van der Waals surface area contributed by atoms with E-state index in [9.17, 15) is 17.6 Å². The molecule has 10 heteroatoms. The van der Waals surface area contributed by atoms with Crippen molar-refractivity contribution in [2.45, 2.75) is 26.4 Å². The van der Waals surface area contributed by atoms with Gasteiger partial charge in [-0.25, -0.2) is 18.7 Å². The summed E-state index contributed by atoms with van der Waals surface area (Å²) in [5.74, 6) is -3.26. The number of rotatable bonds is 1. The fourth-order valence-electron chi connectivity index (χ4n) is 3.42. The standard InChI is InChI=1S/C20H17F5N4O.C2H6/c1-11-9-13-17(15(22)10-12-14(21)3-2-4-16(12)30-11)27-19(20(23,24)25)28-18(13)29-7-5-26-6-8-29;1-2/h2-4,9,26H,1,5-8,10H2;1-2H3/b13-9+,17-15-;. The van der Waals surface area contributed by atoms with Crippen LogP contribution >= 0.6 is 0 Å². The Morgan fingerprint density at radius 1 is 1.09 bits per heavy atom. The molecule has 2 aromatic rings. The Hall–Kier alpha value is -3.01. The summed E-state index contributed by atoms with van der Waals surface area (Å²) in [5.41, 5.74) is -0.131. The number of ether oxygens (including phenoxy) is 1. The van der Waals surface area contributed by atoms with E-state index in [-0.39, 0.29) is 28.1 Å². The number of hydrogen-bond donors (Lipinski definition) is 1. The largest absolute Gasteiger partial charge is 0.458 e. The van der Waals surface area contributed by atoms with Gasteiger partial charge in [0.05, 0.1) is 0 Å². The van der Waals surface area contributed by atoms with Gasteiger partial charge in [-0.15, -0.1) is 0 Å². The zero-order chi connectivity index (χ0) is 23.5. The van der Waals surface area contributed by atoms with Crippen LogP contribution in [0.4, 0.5) is 27.8 Å². The first kappa shape index (κ1) is 23.6. The molecule has 0 amide bonds. The molecule has 1 aromatic heterocycles.